The molecule has 0 aromatic heterocycles. The van der Waals surface area contributed by atoms with Crippen molar-refractivity contribution in [1.82, 2.24) is 10.2 Å². The number of amides is 2. The zero-order valence-electron chi connectivity index (χ0n) is 17.0. The highest BCUT2D eigenvalue weighted by atomic mass is 35.5. The van der Waals surface area contributed by atoms with Gasteiger partial charge in [0.1, 0.15) is 17.6 Å². The highest BCUT2D eigenvalue weighted by molar-refractivity contribution is 6.30. The van der Waals surface area contributed by atoms with Crippen LogP contribution >= 0.6 is 11.6 Å². The molecule has 0 radical (unpaired) electrons. The smallest absolute Gasteiger partial charge is 0.313 e. The summed E-state index contributed by atoms with van der Waals surface area (Å²) in [5.74, 6) is -1.86. The molecule has 2 rings (SSSR count). The van der Waals surface area contributed by atoms with Gasteiger partial charge in [0.15, 0.2) is 0 Å². The Bertz CT molecular complexity index is 712. The number of benzene rings is 1. The van der Waals surface area contributed by atoms with E-state index in [0.29, 0.717) is 17.1 Å². The van der Waals surface area contributed by atoms with Crippen LogP contribution in [0.15, 0.2) is 24.3 Å². The lowest BCUT2D eigenvalue weighted by Crippen LogP contribution is -2.47. The fourth-order valence-electron chi connectivity index (χ4n) is 3.13. The number of nitrogens with zero attached hydrogens (tertiary/aromatic N) is 1. The molecule has 154 valence electrons. The van der Waals surface area contributed by atoms with Crippen molar-refractivity contribution in [3.63, 3.8) is 0 Å². The molecule has 6 nitrogen and oxygen atoms in total. The van der Waals surface area contributed by atoms with Crippen LogP contribution in [0.4, 0.5) is 0 Å². The molecule has 1 N–H and O–H groups in total. The van der Waals surface area contributed by atoms with Gasteiger partial charge in [0.2, 0.25) is 5.91 Å². The Balaban J connectivity index is 2.16. The number of unbranched alkanes of at least 4 members (excludes halogenated alkanes) is 2. The van der Waals surface area contributed by atoms with Gasteiger partial charge in [-0.1, -0.05) is 31.4 Å². The fourth-order valence-corrected chi connectivity index (χ4v) is 3.26. The van der Waals surface area contributed by atoms with Crippen molar-refractivity contribution in [2.45, 2.75) is 58.6 Å². The second-order valence-corrected chi connectivity index (χ2v) is 8.53. The van der Waals surface area contributed by atoms with E-state index in [1.165, 1.54) is 0 Å². The number of esters is 1. The van der Waals surface area contributed by atoms with E-state index in [2.05, 4.69) is 12.2 Å². The number of carbonyl (C=O) groups excluding carboxylic acids is 3. The zero-order valence-corrected chi connectivity index (χ0v) is 17.7. The molecule has 2 amide bonds. The largest absolute Gasteiger partial charge is 0.460 e. The minimum atomic E-state index is -0.931. The van der Waals surface area contributed by atoms with Crippen molar-refractivity contribution in [3.05, 3.63) is 34.9 Å². The van der Waals surface area contributed by atoms with Crippen LogP contribution in [0.3, 0.4) is 0 Å². The summed E-state index contributed by atoms with van der Waals surface area (Å²) in [5.41, 5.74) is -0.287. The molecule has 1 saturated heterocycles. The Hall–Kier alpha value is -2.08. The first-order chi connectivity index (χ1) is 13.1. The summed E-state index contributed by atoms with van der Waals surface area (Å²) < 4.78 is 5.49. The SMILES string of the molecule is CCCCCN1CC(C(=O)OC(C)(C)C)C(NC(=O)c2ccc(Cl)cc2)C1=O. The summed E-state index contributed by atoms with van der Waals surface area (Å²) in [6.45, 7) is 8.25. The maximum atomic E-state index is 12.9. The maximum absolute atomic E-state index is 12.9. The Morgan fingerprint density at radius 2 is 1.86 bits per heavy atom. The molecule has 1 aliphatic rings. The van der Waals surface area contributed by atoms with E-state index < -0.39 is 29.4 Å². The van der Waals surface area contributed by atoms with E-state index >= 15 is 0 Å². The molecular weight excluding hydrogens is 380 g/mol. The molecule has 2 unspecified atom stereocenters. The summed E-state index contributed by atoms with van der Waals surface area (Å²) >= 11 is 5.86. The van der Waals surface area contributed by atoms with Crippen LogP contribution < -0.4 is 5.32 Å². The van der Waals surface area contributed by atoms with Crippen molar-refractivity contribution in [3.8, 4) is 0 Å². The monoisotopic (exact) mass is 408 g/mol. The van der Waals surface area contributed by atoms with Crippen LogP contribution in [0.5, 0.6) is 0 Å². The second-order valence-electron chi connectivity index (χ2n) is 8.09. The lowest BCUT2D eigenvalue weighted by Gasteiger charge is -2.24. The number of hydrogen-bond acceptors (Lipinski definition) is 4. The first-order valence-corrected chi connectivity index (χ1v) is 10.1. The summed E-state index contributed by atoms with van der Waals surface area (Å²) in [7, 11) is 0. The summed E-state index contributed by atoms with van der Waals surface area (Å²) in [5, 5.41) is 3.24. The number of carbonyl (C=O) groups is 3. The van der Waals surface area contributed by atoms with Crippen LogP contribution in [0.25, 0.3) is 0 Å². The van der Waals surface area contributed by atoms with Crippen molar-refractivity contribution < 1.29 is 19.1 Å². The average molecular weight is 409 g/mol. The highest BCUT2D eigenvalue weighted by Gasteiger charge is 2.46. The predicted molar refractivity (Wildman–Crippen MR) is 108 cm³/mol. The van der Waals surface area contributed by atoms with Gasteiger partial charge in [0, 0.05) is 23.7 Å². The van der Waals surface area contributed by atoms with Crippen LogP contribution in [0, 0.1) is 5.92 Å². The van der Waals surface area contributed by atoms with E-state index in [1.54, 1.807) is 49.9 Å². The lowest BCUT2D eigenvalue weighted by atomic mass is 10.0. The molecule has 28 heavy (non-hydrogen) atoms. The average Bonchev–Trinajstić information content (AvgIpc) is 2.91. The minimum absolute atomic E-state index is 0.241. The van der Waals surface area contributed by atoms with Crippen LogP contribution in [-0.2, 0) is 14.3 Å². The van der Waals surface area contributed by atoms with E-state index in [4.69, 9.17) is 16.3 Å². The van der Waals surface area contributed by atoms with Gasteiger partial charge < -0.3 is 15.0 Å². The molecule has 0 spiro atoms. The third kappa shape index (κ3) is 5.96. The van der Waals surface area contributed by atoms with Gasteiger partial charge in [0.25, 0.3) is 5.91 Å². The Morgan fingerprint density at radius 3 is 2.43 bits per heavy atom. The predicted octanol–water partition coefficient (Wildman–Crippen LogP) is 3.43. The molecule has 1 aromatic rings. The van der Waals surface area contributed by atoms with Gasteiger partial charge in [-0.3, -0.25) is 14.4 Å². The van der Waals surface area contributed by atoms with Crippen LogP contribution in [0.1, 0.15) is 57.3 Å². The first-order valence-electron chi connectivity index (χ1n) is 9.70. The van der Waals surface area contributed by atoms with Crippen molar-refractivity contribution in [2.75, 3.05) is 13.1 Å². The molecule has 0 aliphatic carbocycles. The Morgan fingerprint density at radius 1 is 1.21 bits per heavy atom. The van der Waals surface area contributed by atoms with E-state index in [1.807, 2.05) is 0 Å². The third-order valence-corrected chi connectivity index (χ3v) is 4.78. The number of nitrogens with one attached hydrogen (secondary N) is 1. The summed E-state index contributed by atoms with van der Waals surface area (Å²) in [4.78, 5) is 39.8. The number of hydrogen-bond donors (Lipinski definition) is 1. The van der Waals surface area contributed by atoms with Crippen molar-refractivity contribution in [2.24, 2.45) is 5.92 Å². The number of halogens is 1. The second kappa shape index (κ2) is 9.41. The molecule has 2 atom stereocenters. The minimum Gasteiger partial charge on any atom is -0.460 e. The Labute approximate surface area is 171 Å². The number of ether oxygens (including phenoxy) is 1. The summed E-state index contributed by atoms with van der Waals surface area (Å²) in [6.07, 6.45) is 2.90. The van der Waals surface area contributed by atoms with Crippen molar-refractivity contribution >= 4 is 29.4 Å². The first kappa shape index (κ1) is 22.2. The van der Waals surface area contributed by atoms with Gasteiger partial charge in [-0.05, 0) is 51.5 Å². The number of likely N-dealkylation sites (tertiary alicyclic amines) is 1. The van der Waals surface area contributed by atoms with Crippen molar-refractivity contribution in [1.29, 1.82) is 0 Å². The fraction of sp³-hybridized carbons (Fsp3) is 0.571. The lowest BCUT2D eigenvalue weighted by molar-refractivity contribution is -0.160. The Kier molecular flexibility index (Phi) is 7.47. The molecule has 1 aliphatic heterocycles. The number of rotatable bonds is 7. The van der Waals surface area contributed by atoms with Gasteiger partial charge in [-0.25, -0.2) is 0 Å². The third-order valence-electron chi connectivity index (χ3n) is 4.53. The summed E-state index contributed by atoms with van der Waals surface area (Å²) in [6, 6.07) is 5.45. The normalized spacial score (nSPS) is 19.6. The topological polar surface area (TPSA) is 75.7 Å². The standard InChI is InChI=1S/C21H29ClN2O4/c1-5-6-7-12-24-13-16(20(27)28-21(2,3)4)17(19(24)26)23-18(25)14-8-10-15(22)11-9-14/h8-11,16-17H,5-7,12-13H2,1-4H3,(H,23,25). The van der Waals surface area contributed by atoms with Gasteiger partial charge in [0.05, 0.1) is 0 Å². The van der Waals surface area contributed by atoms with E-state index in [-0.39, 0.29) is 12.5 Å². The van der Waals surface area contributed by atoms with E-state index in [0.717, 1.165) is 19.3 Å². The molecule has 0 bridgehead atoms. The maximum Gasteiger partial charge on any atom is 0.313 e. The van der Waals surface area contributed by atoms with Gasteiger partial charge in [-0.2, -0.15) is 0 Å². The molecular formula is C21H29ClN2O4. The highest BCUT2D eigenvalue weighted by Crippen LogP contribution is 2.24. The van der Waals surface area contributed by atoms with Crippen LogP contribution in [0.2, 0.25) is 5.02 Å². The quantitative estimate of drug-likeness (QED) is 0.554. The molecule has 1 aromatic carbocycles. The zero-order chi connectivity index (χ0) is 20.9. The van der Waals surface area contributed by atoms with Crippen LogP contribution in [-0.4, -0.2) is 47.4 Å². The molecule has 0 saturated carbocycles. The van der Waals surface area contributed by atoms with Gasteiger partial charge >= 0.3 is 5.97 Å². The van der Waals surface area contributed by atoms with E-state index in [9.17, 15) is 14.4 Å². The molecule has 1 fully saturated rings. The molecule has 1 heterocycles. The van der Waals surface area contributed by atoms with Gasteiger partial charge in [-0.15, -0.1) is 0 Å². The molecule has 7 heteroatoms.